The first-order valence-electron chi connectivity index (χ1n) is 6.95. The lowest BCUT2D eigenvalue weighted by atomic mass is 10.2. The van der Waals surface area contributed by atoms with Crippen LogP contribution in [0.1, 0.15) is 34.7 Å². The minimum absolute atomic E-state index is 0.123. The van der Waals surface area contributed by atoms with Crippen molar-refractivity contribution >= 4 is 40.8 Å². The number of carbonyl (C=O) groups excluding carboxylic acids is 1. The fourth-order valence-corrected chi connectivity index (χ4v) is 2.38. The molecule has 0 aliphatic carbocycles. The van der Waals surface area contributed by atoms with Crippen molar-refractivity contribution in [3.05, 3.63) is 51.8 Å². The zero-order valence-corrected chi connectivity index (χ0v) is 14.4. The van der Waals surface area contributed by atoms with Crippen molar-refractivity contribution in [1.82, 2.24) is 4.98 Å². The standard InChI is InChI=1S/C16H14Cl2N2O4/c1-8(2)24-13-7-12(10(17)6-11(13)18)20-15(21)14-9(16(22)23)4-3-5-19-14/h3-8H,1-2H3,(H,20,21)(H,22,23). The number of hydrogen-bond acceptors (Lipinski definition) is 4. The molecule has 2 aromatic rings. The Labute approximate surface area is 148 Å². The van der Waals surface area contributed by atoms with Gasteiger partial charge < -0.3 is 15.2 Å². The van der Waals surface area contributed by atoms with Gasteiger partial charge in [-0.25, -0.2) is 4.79 Å². The van der Waals surface area contributed by atoms with Gasteiger partial charge >= 0.3 is 5.97 Å². The van der Waals surface area contributed by atoms with Crippen molar-refractivity contribution in [3.63, 3.8) is 0 Å². The predicted molar refractivity (Wildman–Crippen MR) is 91.4 cm³/mol. The Morgan fingerprint density at radius 3 is 2.58 bits per heavy atom. The van der Waals surface area contributed by atoms with E-state index in [0.29, 0.717) is 10.8 Å². The van der Waals surface area contributed by atoms with E-state index in [2.05, 4.69) is 10.3 Å². The molecule has 0 bridgehead atoms. The van der Waals surface area contributed by atoms with Crippen LogP contribution in [0.4, 0.5) is 5.69 Å². The van der Waals surface area contributed by atoms with Crippen LogP contribution < -0.4 is 10.1 Å². The minimum atomic E-state index is -1.25. The van der Waals surface area contributed by atoms with Gasteiger partial charge in [-0.3, -0.25) is 9.78 Å². The van der Waals surface area contributed by atoms with Crippen LogP contribution in [0.15, 0.2) is 30.5 Å². The van der Waals surface area contributed by atoms with Crippen molar-refractivity contribution in [1.29, 1.82) is 0 Å². The summed E-state index contributed by atoms with van der Waals surface area (Å²) in [5.74, 6) is -1.60. The average Bonchev–Trinajstić information content (AvgIpc) is 2.51. The van der Waals surface area contributed by atoms with E-state index in [4.69, 9.17) is 33.0 Å². The summed E-state index contributed by atoms with van der Waals surface area (Å²) in [5, 5.41) is 12.2. The Bertz CT molecular complexity index is 794. The molecule has 2 N–H and O–H groups in total. The van der Waals surface area contributed by atoms with Gasteiger partial charge in [-0.05, 0) is 32.0 Å². The monoisotopic (exact) mass is 368 g/mol. The second-order valence-electron chi connectivity index (χ2n) is 5.09. The van der Waals surface area contributed by atoms with E-state index in [9.17, 15) is 9.59 Å². The minimum Gasteiger partial charge on any atom is -0.489 e. The van der Waals surface area contributed by atoms with Crippen molar-refractivity contribution in [2.24, 2.45) is 0 Å². The molecule has 0 saturated heterocycles. The highest BCUT2D eigenvalue weighted by Gasteiger charge is 2.19. The second-order valence-corrected chi connectivity index (χ2v) is 5.90. The van der Waals surface area contributed by atoms with E-state index in [0.717, 1.165) is 0 Å². The number of benzene rings is 1. The predicted octanol–water partition coefficient (Wildman–Crippen LogP) is 4.13. The molecule has 126 valence electrons. The van der Waals surface area contributed by atoms with Gasteiger partial charge in [0.05, 0.1) is 27.4 Å². The summed E-state index contributed by atoms with van der Waals surface area (Å²) in [6.07, 6.45) is 1.21. The Hall–Kier alpha value is -2.31. The fourth-order valence-electron chi connectivity index (χ4n) is 1.91. The summed E-state index contributed by atoms with van der Waals surface area (Å²) in [5.41, 5.74) is -0.190. The van der Waals surface area contributed by atoms with Gasteiger partial charge in [-0.2, -0.15) is 0 Å². The third-order valence-corrected chi connectivity index (χ3v) is 3.49. The van der Waals surface area contributed by atoms with E-state index < -0.39 is 11.9 Å². The van der Waals surface area contributed by atoms with Gasteiger partial charge in [-0.15, -0.1) is 0 Å². The maximum absolute atomic E-state index is 12.3. The zero-order valence-electron chi connectivity index (χ0n) is 12.8. The van der Waals surface area contributed by atoms with Gasteiger partial charge in [0.15, 0.2) is 0 Å². The van der Waals surface area contributed by atoms with Crippen LogP contribution in [0.3, 0.4) is 0 Å². The molecule has 2 rings (SSSR count). The van der Waals surface area contributed by atoms with Crippen LogP contribution in [-0.4, -0.2) is 28.1 Å². The van der Waals surface area contributed by atoms with E-state index in [1.165, 1.54) is 30.5 Å². The number of anilines is 1. The lowest BCUT2D eigenvalue weighted by Gasteiger charge is -2.14. The number of aromatic nitrogens is 1. The highest BCUT2D eigenvalue weighted by molar-refractivity contribution is 6.37. The van der Waals surface area contributed by atoms with Crippen LogP contribution in [-0.2, 0) is 0 Å². The molecule has 0 aliphatic heterocycles. The van der Waals surface area contributed by atoms with E-state index in [-0.39, 0.29) is 28.1 Å². The van der Waals surface area contributed by atoms with Gasteiger partial charge in [0.25, 0.3) is 5.91 Å². The SMILES string of the molecule is CC(C)Oc1cc(NC(=O)c2ncccc2C(=O)O)c(Cl)cc1Cl. The lowest BCUT2D eigenvalue weighted by Crippen LogP contribution is -2.18. The van der Waals surface area contributed by atoms with Crippen molar-refractivity contribution < 1.29 is 19.4 Å². The molecule has 0 spiro atoms. The highest BCUT2D eigenvalue weighted by Crippen LogP contribution is 2.35. The molecule has 1 aromatic heterocycles. The Morgan fingerprint density at radius 2 is 1.96 bits per heavy atom. The summed E-state index contributed by atoms with van der Waals surface area (Å²) in [4.78, 5) is 27.3. The number of nitrogens with one attached hydrogen (secondary N) is 1. The molecule has 6 nitrogen and oxygen atoms in total. The lowest BCUT2D eigenvalue weighted by molar-refractivity contribution is 0.0691. The van der Waals surface area contributed by atoms with E-state index >= 15 is 0 Å². The van der Waals surface area contributed by atoms with Crippen molar-refractivity contribution in [2.75, 3.05) is 5.32 Å². The third-order valence-electron chi connectivity index (χ3n) is 2.89. The number of pyridine rings is 1. The maximum Gasteiger partial charge on any atom is 0.338 e. The number of amides is 1. The molecule has 1 amide bonds. The summed E-state index contributed by atoms with van der Waals surface area (Å²) < 4.78 is 5.54. The van der Waals surface area contributed by atoms with Gasteiger partial charge in [-0.1, -0.05) is 23.2 Å². The highest BCUT2D eigenvalue weighted by atomic mass is 35.5. The van der Waals surface area contributed by atoms with Gasteiger partial charge in [0, 0.05) is 12.3 Å². The summed E-state index contributed by atoms with van der Waals surface area (Å²) >= 11 is 12.1. The number of halogens is 2. The summed E-state index contributed by atoms with van der Waals surface area (Å²) in [6, 6.07) is 5.64. The first-order valence-corrected chi connectivity index (χ1v) is 7.70. The summed E-state index contributed by atoms with van der Waals surface area (Å²) in [6.45, 7) is 3.66. The molecule has 0 fully saturated rings. The largest absolute Gasteiger partial charge is 0.489 e. The number of aromatic carboxylic acids is 1. The number of rotatable bonds is 5. The van der Waals surface area contributed by atoms with E-state index in [1.54, 1.807) is 0 Å². The molecule has 0 aliphatic rings. The van der Waals surface area contributed by atoms with Crippen molar-refractivity contribution in [2.45, 2.75) is 20.0 Å². The average molecular weight is 369 g/mol. The van der Waals surface area contributed by atoms with Crippen LogP contribution in [0.2, 0.25) is 10.0 Å². The number of nitrogens with zero attached hydrogens (tertiary/aromatic N) is 1. The van der Waals surface area contributed by atoms with Gasteiger partial charge in [0.2, 0.25) is 0 Å². The normalized spacial score (nSPS) is 10.5. The maximum atomic E-state index is 12.3. The zero-order chi connectivity index (χ0) is 17.9. The topological polar surface area (TPSA) is 88.5 Å². The van der Waals surface area contributed by atoms with Crippen LogP contribution in [0.5, 0.6) is 5.75 Å². The quantitative estimate of drug-likeness (QED) is 0.828. The molecule has 24 heavy (non-hydrogen) atoms. The van der Waals surface area contributed by atoms with Crippen LogP contribution in [0.25, 0.3) is 0 Å². The number of carboxylic acid groups (broad SMARTS) is 1. The van der Waals surface area contributed by atoms with E-state index in [1.807, 2.05) is 13.8 Å². The first kappa shape index (κ1) is 18.0. The molecule has 1 heterocycles. The third kappa shape index (κ3) is 4.15. The van der Waals surface area contributed by atoms with Crippen LogP contribution in [0, 0.1) is 0 Å². The van der Waals surface area contributed by atoms with Crippen molar-refractivity contribution in [3.8, 4) is 5.75 Å². The first-order chi connectivity index (χ1) is 11.3. The van der Waals surface area contributed by atoms with Crippen LogP contribution >= 0.6 is 23.2 Å². The van der Waals surface area contributed by atoms with Gasteiger partial charge in [0.1, 0.15) is 11.4 Å². The molecule has 8 heteroatoms. The molecule has 1 aromatic carbocycles. The number of ether oxygens (including phenoxy) is 1. The molecule has 0 atom stereocenters. The second kappa shape index (κ2) is 7.51. The Morgan fingerprint density at radius 1 is 1.25 bits per heavy atom. The Kier molecular flexibility index (Phi) is 5.64. The molecule has 0 unspecified atom stereocenters. The molecular formula is C16H14Cl2N2O4. The molecular weight excluding hydrogens is 355 g/mol. The summed E-state index contributed by atoms with van der Waals surface area (Å²) in [7, 11) is 0. The number of hydrogen-bond donors (Lipinski definition) is 2. The molecule has 0 radical (unpaired) electrons. The number of carbonyl (C=O) groups is 2. The molecule has 0 saturated carbocycles. The smallest absolute Gasteiger partial charge is 0.338 e. The Balaban J connectivity index is 2.34. The number of carboxylic acids is 1. The fraction of sp³-hybridized carbons (Fsp3) is 0.188.